The van der Waals surface area contributed by atoms with E-state index >= 15 is 0 Å². The van der Waals surface area contributed by atoms with Gasteiger partial charge in [0.1, 0.15) is 0 Å². The van der Waals surface area contributed by atoms with E-state index in [-0.39, 0.29) is 0 Å². The molecule has 0 heterocycles. The molecule has 1 nitrogen and oxygen atoms in total. The van der Waals surface area contributed by atoms with E-state index in [0.29, 0.717) is 23.9 Å². The predicted octanol–water partition coefficient (Wildman–Crippen LogP) is 5.29. The van der Waals surface area contributed by atoms with Crippen molar-refractivity contribution >= 4 is 16.8 Å². The predicted molar refractivity (Wildman–Crippen MR) is 94.7 cm³/mol. The molecule has 0 saturated heterocycles. The maximum Gasteiger partial charge on any atom is 0.0465 e. The number of fused-ring (bicyclic) bond motifs is 1. The summed E-state index contributed by atoms with van der Waals surface area (Å²) in [5, 5.41) is 12.3. The topological polar surface area (TPSA) is 20.2 Å². The minimum Gasteiger partial charge on any atom is -0.396 e. The Kier molecular flexibility index (Phi) is 4.35. The van der Waals surface area contributed by atoms with Crippen LogP contribution in [0, 0.1) is 17.3 Å². The lowest BCUT2D eigenvalue weighted by molar-refractivity contribution is 0.0881. The van der Waals surface area contributed by atoms with Crippen LogP contribution in [0.3, 0.4) is 0 Å². The van der Waals surface area contributed by atoms with Crippen LogP contribution in [0.15, 0.2) is 48.5 Å². The zero-order chi connectivity index (χ0) is 15.6. The lowest BCUT2D eigenvalue weighted by Gasteiger charge is -2.39. The van der Waals surface area contributed by atoms with E-state index in [1.807, 2.05) is 0 Å². The molecule has 3 rings (SSSR count). The van der Waals surface area contributed by atoms with Gasteiger partial charge in [0, 0.05) is 6.61 Å². The Morgan fingerprint density at radius 3 is 2.68 bits per heavy atom. The quantitative estimate of drug-likeness (QED) is 0.815. The summed E-state index contributed by atoms with van der Waals surface area (Å²) in [5.74, 6) is 0.907. The normalized spacial score (nSPS) is 24.9. The Hall–Kier alpha value is -1.60. The second-order valence-electron chi connectivity index (χ2n) is 7.48. The van der Waals surface area contributed by atoms with E-state index in [0.717, 1.165) is 6.42 Å². The van der Waals surface area contributed by atoms with Crippen LogP contribution in [-0.4, -0.2) is 11.7 Å². The summed E-state index contributed by atoms with van der Waals surface area (Å²) in [4.78, 5) is 0. The van der Waals surface area contributed by atoms with Crippen molar-refractivity contribution in [1.29, 1.82) is 0 Å². The summed E-state index contributed by atoms with van der Waals surface area (Å²) in [6.07, 6.45) is 8.10. The molecule has 2 atom stereocenters. The third kappa shape index (κ3) is 3.41. The molecule has 0 aromatic heterocycles. The molecule has 0 radical (unpaired) electrons. The number of rotatable bonds is 3. The lowest BCUT2D eigenvalue weighted by atomic mass is 9.67. The van der Waals surface area contributed by atoms with Gasteiger partial charge in [0.25, 0.3) is 0 Å². The van der Waals surface area contributed by atoms with Crippen LogP contribution in [-0.2, 0) is 0 Å². The number of benzene rings is 2. The monoisotopic (exact) mass is 294 g/mol. The standard InChI is InChI=1S/C21H26O/c1-21(2)12-11-18(20(14-21)15-22)10-8-16-7-9-17-5-3-4-6-19(17)13-16/h3-10,13,18,20,22H,11-12,14-15H2,1-2H3/b10-8+/t18-,20+/m1/s1. The van der Waals surface area contributed by atoms with Crippen LogP contribution in [0.2, 0.25) is 0 Å². The molecule has 1 aliphatic rings. The Balaban J connectivity index is 1.77. The first-order chi connectivity index (χ1) is 10.6. The van der Waals surface area contributed by atoms with Gasteiger partial charge in [0.05, 0.1) is 0 Å². The molecule has 0 unspecified atom stereocenters. The first kappa shape index (κ1) is 15.3. The summed E-state index contributed by atoms with van der Waals surface area (Å²) in [6, 6.07) is 15.1. The van der Waals surface area contributed by atoms with E-state index in [1.165, 1.54) is 29.2 Å². The molecule has 2 aromatic rings. The van der Waals surface area contributed by atoms with Crippen molar-refractivity contribution in [1.82, 2.24) is 0 Å². The van der Waals surface area contributed by atoms with Gasteiger partial charge in [-0.1, -0.05) is 62.4 Å². The van der Waals surface area contributed by atoms with E-state index in [2.05, 4.69) is 68.5 Å². The minimum atomic E-state index is 0.302. The van der Waals surface area contributed by atoms with Gasteiger partial charge in [0.2, 0.25) is 0 Å². The summed E-state index contributed by atoms with van der Waals surface area (Å²) in [7, 11) is 0. The fourth-order valence-corrected chi connectivity index (χ4v) is 3.76. The van der Waals surface area contributed by atoms with Gasteiger partial charge in [-0.3, -0.25) is 0 Å². The summed E-state index contributed by atoms with van der Waals surface area (Å²) >= 11 is 0. The van der Waals surface area contributed by atoms with Gasteiger partial charge in [-0.2, -0.15) is 0 Å². The maximum atomic E-state index is 9.70. The van der Waals surface area contributed by atoms with Crippen molar-refractivity contribution < 1.29 is 5.11 Å². The maximum absolute atomic E-state index is 9.70. The van der Waals surface area contributed by atoms with E-state index in [4.69, 9.17) is 0 Å². The molecule has 1 aliphatic carbocycles. The average molecular weight is 294 g/mol. The van der Waals surface area contributed by atoms with Crippen LogP contribution < -0.4 is 0 Å². The van der Waals surface area contributed by atoms with Crippen molar-refractivity contribution in [2.24, 2.45) is 17.3 Å². The summed E-state index contributed by atoms with van der Waals surface area (Å²) in [5.41, 5.74) is 1.63. The van der Waals surface area contributed by atoms with Gasteiger partial charge in [-0.05, 0) is 58.9 Å². The number of aliphatic hydroxyl groups excluding tert-OH is 1. The molecule has 0 spiro atoms. The zero-order valence-electron chi connectivity index (χ0n) is 13.6. The molecular weight excluding hydrogens is 268 g/mol. The van der Waals surface area contributed by atoms with Crippen LogP contribution in [0.5, 0.6) is 0 Å². The van der Waals surface area contributed by atoms with Crippen LogP contribution >= 0.6 is 0 Å². The third-order valence-corrected chi connectivity index (χ3v) is 5.12. The highest BCUT2D eigenvalue weighted by atomic mass is 16.3. The van der Waals surface area contributed by atoms with Crippen molar-refractivity contribution in [3.63, 3.8) is 0 Å². The Labute approximate surface area is 133 Å². The molecule has 116 valence electrons. The number of allylic oxidation sites excluding steroid dienone is 1. The number of hydrogen-bond donors (Lipinski definition) is 1. The fraction of sp³-hybridized carbons (Fsp3) is 0.429. The second-order valence-corrected chi connectivity index (χ2v) is 7.48. The molecule has 1 fully saturated rings. The van der Waals surface area contributed by atoms with Gasteiger partial charge in [0.15, 0.2) is 0 Å². The Morgan fingerprint density at radius 1 is 1.14 bits per heavy atom. The van der Waals surface area contributed by atoms with E-state index in [1.54, 1.807) is 0 Å². The first-order valence-electron chi connectivity index (χ1n) is 8.35. The van der Waals surface area contributed by atoms with Crippen molar-refractivity contribution in [2.75, 3.05) is 6.61 Å². The lowest BCUT2D eigenvalue weighted by Crippen LogP contribution is -2.31. The van der Waals surface area contributed by atoms with Crippen LogP contribution in [0.1, 0.15) is 38.7 Å². The van der Waals surface area contributed by atoms with E-state index < -0.39 is 0 Å². The molecule has 1 heteroatoms. The molecule has 0 amide bonds. The zero-order valence-corrected chi connectivity index (χ0v) is 13.6. The fourth-order valence-electron chi connectivity index (χ4n) is 3.76. The molecule has 2 aromatic carbocycles. The van der Waals surface area contributed by atoms with Gasteiger partial charge < -0.3 is 5.11 Å². The highest BCUT2D eigenvalue weighted by molar-refractivity contribution is 5.84. The Morgan fingerprint density at radius 2 is 1.91 bits per heavy atom. The molecule has 22 heavy (non-hydrogen) atoms. The summed E-state index contributed by atoms with van der Waals surface area (Å²) < 4.78 is 0. The van der Waals surface area contributed by atoms with Gasteiger partial charge in [-0.15, -0.1) is 0 Å². The average Bonchev–Trinajstić information content (AvgIpc) is 2.53. The summed E-state index contributed by atoms with van der Waals surface area (Å²) in [6.45, 7) is 4.94. The van der Waals surface area contributed by atoms with Crippen LogP contribution in [0.4, 0.5) is 0 Å². The molecule has 1 N–H and O–H groups in total. The smallest absolute Gasteiger partial charge is 0.0465 e. The Bertz CT molecular complexity index is 668. The molecular formula is C21H26O. The minimum absolute atomic E-state index is 0.302. The van der Waals surface area contributed by atoms with Crippen LogP contribution in [0.25, 0.3) is 16.8 Å². The largest absolute Gasteiger partial charge is 0.396 e. The third-order valence-electron chi connectivity index (χ3n) is 5.12. The second kappa shape index (κ2) is 6.26. The number of hydrogen-bond acceptors (Lipinski definition) is 1. The van der Waals surface area contributed by atoms with Crippen molar-refractivity contribution in [2.45, 2.75) is 33.1 Å². The first-order valence-corrected chi connectivity index (χ1v) is 8.35. The van der Waals surface area contributed by atoms with Gasteiger partial charge in [-0.25, -0.2) is 0 Å². The SMILES string of the molecule is CC1(C)CC[C@@H](/C=C/c2ccc3ccccc3c2)[C@H](CO)C1. The van der Waals surface area contributed by atoms with Gasteiger partial charge >= 0.3 is 0 Å². The molecule has 1 saturated carbocycles. The molecule has 0 bridgehead atoms. The molecule has 0 aliphatic heterocycles. The highest BCUT2D eigenvalue weighted by Crippen LogP contribution is 2.42. The van der Waals surface area contributed by atoms with E-state index in [9.17, 15) is 5.11 Å². The van der Waals surface area contributed by atoms with Crippen molar-refractivity contribution in [3.8, 4) is 0 Å². The number of aliphatic hydroxyl groups is 1. The highest BCUT2D eigenvalue weighted by Gasteiger charge is 2.33. The van der Waals surface area contributed by atoms with Crippen molar-refractivity contribution in [3.05, 3.63) is 54.1 Å².